The van der Waals surface area contributed by atoms with Crippen LogP contribution in [-0.4, -0.2) is 21.6 Å². The average Bonchev–Trinajstić information content (AvgIpc) is 2.38. The van der Waals surface area contributed by atoms with Crippen LogP contribution in [0.1, 0.15) is 0 Å². The van der Waals surface area contributed by atoms with Crippen LogP contribution in [0.25, 0.3) is 0 Å². The van der Waals surface area contributed by atoms with Crippen LogP contribution in [0.2, 0.25) is 0 Å². The summed E-state index contributed by atoms with van der Waals surface area (Å²) >= 11 is -0.289. The topological polar surface area (TPSA) is 28.7 Å². The molecule has 0 saturated carbocycles. The number of nitrogens with zero attached hydrogens (tertiary/aromatic N) is 1. The first kappa shape index (κ1) is 9.37. The summed E-state index contributed by atoms with van der Waals surface area (Å²) in [5.41, 5.74) is 0. The van der Waals surface area contributed by atoms with Crippen LogP contribution in [0.3, 0.4) is 0 Å². The van der Waals surface area contributed by atoms with Crippen molar-refractivity contribution in [3.8, 4) is 0 Å². The van der Waals surface area contributed by atoms with Gasteiger partial charge in [0.25, 0.3) is 0 Å². The van der Waals surface area contributed by atoms with Gasteiger partial charge >= 0.3 is 11.7 Å². The Morgan fingerprint density at radius 1 is 1.50 bits per heavy atom. The van der Waals surface area contributed by atoms with Crippen molar-refractivity contribution < 1.29 is 17.6 Å². The van der Waals surface area contributed by atoms with E-state index in [-0.39, 0.29) is 16.9 Å². The molecule has 1 N–H and O–H groups in total. The smallest absolute Gasteiger partial charge is 0.340 e. The zero-order valence-corrected chi connectivity index (χ0v) is 6.42. The minimum absolute atomic E-state index is 0.222. The molecule has 0 aromatic carbocycles. The second-order valence-electron chi connectivity index (χ2n) is 1.86. The van der Waals surface area contributed by atoms with Crippen LogP contribution in [-0.2, 0) is 0 Å². The molecule has 0 aliphatic rings. The molecule has 2 nitrogen and oxygen atoms in total. The Balaban J connectivity index is 2.62. The lowest BCUT2D eigenvalue weighted by Gasteiger charge is -2.11. The summed E-state index contributed by atoms with van der Waals surface area (Å²) < 4.78 is 47.7. The molecule has 7 heteroatoms. The van der Waals surface area contributed by atoms with Crippen molar-refractivity contribution in [3.05, 3.63) is 12.4 Å². The number of nitrogens with one attached hydrogen (secondary N) is 1. The highest BCUT2D eigenvalue weighted by molar-refractivity contribution is 8.00. The Morgan fingerprint density at radius 2 is 2.17 bits per heavy atom. The normalized spacial score (nSPS) is 12.4. The monoisotopic (exact) mass is 200 g/mol. The lowest BCUT2D eigenvalue weighted by atomic mass is 10.7. The number of alkyl halides is 4. The van der Waals surface area contributed by atoms with Crippen molar-refractivity contribution in [2.45, 2.75) is 16.8 Å². The van der Waals surface area contributed by atoms with E-state index >= 15 is 0 Å². The molecule has 1 rings (SSSR count). The predicted molar refractivity (Wildman–Crippen MR) is 35.4 cm³/mol. The molecule has 0 aliphatic carbocycles. The summed E-state index contributed by atoms with van der Waals surface area (Å²) in [7, 11) is 0. The van der Waals surface area contributed by atoms with Crippen molar-refractivity contribution in [3.63, 3.8) is 0 Å². The molecule has 0 amide bonds. The van der Waals surface area contributed by atoms with Crippen molar-refractivity contribution in [2.24, 2.45) is 0 Å². The number of aromatic nitrogens is 2. The van der Waals surface area contributed by atoms with Gasteiger partial charge in [-0.25, -0.2) is 13.8 Å². The number of rotatable bonds is 3. The third-order valence-corrected chi connectivity index (χ3v) is 1.83. The first-order chi connectivity index (χ1) is 5.52. The molecule has 0 radical (unpaired) electrons. The molecular formula is C5H4F4N2S. The average molecular weight is 200 g/mol. The maximum absolute atomic E-state index is 12.3. The van der Waals surface area contributed by atoms with E-state index in [2.05, 4.69) is 9.97 Å². The fourth-order valence-corrected chi connectivity index (χ4v) is 1.07. The number of thioether (sulfide) groups is 1. The second-order valence-corrected chi connectivity index (χ2v) is 2.99. The number of H-pyrrole nitrogens is 1. The van der Waals surface area contributed by atoms with Crippen LogP contribution in [0.15, 0.2) is 17.6 Å². The largest absolute Gasteiger partial charge is 0.360 e. The lowest BCUT2D eigenvalue weighted by Crippen LogP contribution is -2.21. The minimum atomic E-state index is -4.09. The highest BCUT2D eigenvalue weighted by atomic mass is 32.2. The Kier molecular flexibility index (Phi) is 2.61. The van der Waals surface area contributed by atoms with E-state index < -0.39 is 11.7 Å². The van der Waals surface area contributed by atoms with Gasteiger partial charge in [0, 0.05) is 12.4 Å². The summed E-state index contributed by atoms with van der Waals surface area (Å²) in [4.78, 5) is 5.66. The summed E-state index contributed by atoms with van der Waals surface area (Å²) in [6.45, 7) is 0. The van der Waals surface area contributed by atoms with Gasteiger partial charge in [0.1, 0.15) is 0 Å². The summed E-state index contributed by atoms with van der Waals surface area (Å²) in [6, 6.07) is 0. The third-order valence-electron chi connectivity index (χ3n) is 0.960. The predicted octanol–water partition coefficient (Wildman–Crippen LogP) is 2.36. The fraction of sp³-hybridized carbons (Fsp3) is 0.400. The molecule has 0 unspecified atom stereocenters. The Labute approximate surface area is 69.4 Å². The molecule has 1 aromatic rings. The van der Waals surface area contributed by atoms with E-state index in [0.717, 1.165) is 0 Å². The SMILES string of the molecule is FC(F)C(F)(F)Sc1ncc[nH]1. The minimum Gasteiger partial charge on any atom is -0.340 e. The van der Waals surface area contributed by atoms with E-state index in [1.165, 1.54) is 12.4 Å². The molecule has 0 fully saturated rings. The van der Waals surface area contributed by atoms with Gasteiger partial charge in [0.15, 0.2) is 5.16 Å². The third kappa shape index (κ3) is 2.13. The van der Waals surface area contributed by atoms with Gasteiger partial charge in [-0.3, -0.25) is 0 Å². The molecule has 12 heavy (non-hydrogen) atoms. The van der Waals surface area contributed by atoms with Gasteiger partial charge in [0.05, 0.1) is 0 Å². The van der Waals surface area contributed by atoms with Gasteiger partial charge in [-0.1, -0.05) is 0 Å². The summed E-state index contributed by atoms with van der Waals surface area (Å²) in [5.74, 6) is 0. The zero-order chi connectivity index (χ0) is 9.19. The quantitative estimate of drug-likeness (QED) is 0.599. The molecule has 0 saturated heterocycles. The van der Waals surface area contributed by atoms with E-state index in [0.29, 0.717) is 0 Å². The molecule has 0 spiro atoms. The van der Waals surface area contributed by atoms with E-state index in [9.17, 15) is 17.6 Å². The maximum atomic E-state index is 12.3. The number of imidazole rings is 1. The van der Waals surface area contributed by atoms with Crippen LogP contribution >= 0.6 is 11.8 Å². The van der Waals surface area contributed by atoms with Gasteiger partial charge in [0.2, 0.25) is 0 Å². The van der Waals surface area contributed by atoms with E-state index in [1.807, 2.05) is 0 Å². The lowest BCUT2D eigenvalue weighted by molar-refractivity contribution is -0.0565. The van der Waals surface area contributed by atoms with Crippen LogP contribution in [0.5, 0.6) is 0 Å². The molecular weight excluding hydrogens is 196 g/mol. The Hall–Kier alpha value is -0.720. The summed E-state index contributed by atoms with van der Waals surface area (Å²) in [5, 5.41) is -4.31. The van der Waals surface area contributed by atoms with Crippen molar-refractivity contribution in [2.75, 3.05) is 0 Å². The standard InChI is InChI=1S/C5H4F4N2S/c6-3(7)5(8,9)12-4-10-1-2-11-4/h1-3H,(H,10,11). The number of aromatic amines is 1. The first-order valence-corrected chi connectivity index (χ1v) is 3.68. The van der Waals surface area contributed by atoms with Crippen LogP contribution in [0, 0.1) is 0 Å². The maximum Gasteiger partial charge on any atom is 0.360 e. The van der Waals surface area contributed by atoms with Gasteiger partial charge < -0.3 is 4.98 Å². The van der Waals surface area contributed by atoms with Gasteiger partial charge in [-0.05, 0) is 11.8 Å². The number of hydrogen-bond acceptors (Lipinski definition) is 2. The molecule has 1 aromatic heterocycles. The Morgan fingerprint density at radius 3 is 2.58 bits per heavy atom. The van der Waals surface area contributed by atoms with Gasteiger partial charge in [-0.15, -0.1) is 0 Å². The first-order valence-electron chi connectivity index (χ1n) is 2.87. The highest BCUT2D eigenvalue weighted by Gasteiger charge is 2.42. The number of hydrogen-bond donors (Lipinski definition) is 1. The molecule has 0 bridgehead atoms. The molecule has 0 aliphatic heterocycles. The zero-order valence-electron chi connectivity index (χ0n) is 5.60. The molecule has 1 heterocycles. The second kappa shape index (κ2) is 3.34. The van der Waals surface area contributed by atoms with Gasteiger partial charge in [-0.2, -0.15) is 8.78 Å². The van der Waals surface area contributed by atoms with Crippen LogP contribution < -0.4 is 0 Å². The molecule has 68 valence electrons. The van der Waals surface area contributed by atoms with E-state index in [1.54, 1.807) is 0 Å². The highest BCUT2D eigenvalue weighted by Crippen LogP contribution is 2.38. The van der Waals surface area contributed by atoms with Crippen molar-refractivity contribution in [1.29, 1.82) is 0 Å². The number of halogens is 4. The van der Waals surface area contributed by atoms with Crippen LogP contribution in [0.4, 0.5) is 17.6 Å². The van der Waals surface area contributed by atoms with E-state index in [4.69, 9.17) is 0 Å². The van der Waals surface area contributed by atoms with Crippen molar-refractivity contribution in [1.82, 2.24) is 9.97 Å². The fourth-order valence-electron chi connectivity index (χ4n) is 0.480. The summed E-state index contributed by atoms with van der Waals surface area (Å²) in [6.07, 6.45) is -1.19. The van der Waals surface area contributed by atoms with Crippen molar-refractivity contribution >= 4 is 11.8 Å². The molecule has 0 atom stereocenters. The Bertz CT molecular complexity index is 236.